The molecule has 1 unspecified atom stereocenters. The molecule has 1 aliphatic rings. The highest BCUT2D eigenvalue weighted by molar-refractivity contribution is 5.86. The topological polar surface area (TPSA) is 184 Å². The number of fused-ring (bicyclic) bond motifs is 1. The zero-order valence-electron chi connectivity index (χ0n) is 32.2. The number of ether oxygens (including phenoxy) is 1. The fourth-order valence-electron chi connectivity index (χ4n) is 6.47. The molecule has 3 atom stereocenters. The number of esters is 1. The highest BCUT2D eigenvalue weighted by Crippen LogP contribution is 2.40. The Hall–Kier alpha value is -5.25. The third kappa shape index (κ3) is 9.27. The number of methoxy groups -OCH3 is 1. The fraction of sp³-hybridized carbons (Fsp3) is 0.553. The van der Waals surface area contributed by atoms with Crippen molar-refractivity contribution >= 4 is 23.3 Å². The summed E-state index contributed by atoms with van der Waals surface area (Å²) >= 11 is 0. The number of aromatic nitrogens is 10. The molecule has 1 aromatic carbocycles. The number of rotatable bonds is 19. The van der Waals surface area contributed by atoms with Crippen LogP contribution < -0.4 is 16.0 Å². The highest BCUT2D eigenvalue weighted by atomic mass is 16.5. The Kier molecular flexibility index (Phi) is 12.3. The summed E-state index contributed by atoms with van der Waals surface area (Å²) in [7, 11) is 1.30. The van der Waals surface area contributed by atoms with E-state index in [-0.39, 0.29) is 29.0 Å². The van der Waals surface area contributed by atoms with Crippen LogP contribution in [0.2, 0.25) is 0 Å². The second-order valence-corrected chi connectivity index (χ2v) is 15.2. The van der Waals surface area contributed by atoms with E-state index >= 15 is 0 Å². The van der Waals surface area contributed by atoms with Crippen LogP contribution in [0.25, 0.3) is 17.0 Å². The summed E-state index contributed by atoms with van der Waals surface area (Å²) in [5.41, 5.74) is 3.89. The molecule has 0 spiro atoms. The molecule has 1 saturated carbocycles. The maximum atomic E-state index is 13.3. The molecule has 4 heterocycles. The molecule has 4 aromatic heterocycles. The van der Waals surface area contributed by atoms with Gasteiger partial charge in [-0.05, 0) is 62.5 Å². The van der Waals surface area contributed by atoms with E-state index in [0.717, 1.165) is 67.4 Å². The molecule has 5 aromatic rings. The second kappa shape index (κ2) is 17.3. The van der Waals surface area contributed by atoms with E-state index < -0.39 is 12.0 Å². The van der Waals surface area contributed by atoms with Gasteiger partial charge in [0.2, 0.25) is 5.91 Å². The Bertz CT molecular complexity index is 2000. The lowest BCUT2D eigenvalue weighted by Gasteiger charge is -2.30. The standard InChI is InChI=1S/C38H53N13O3/c1-7-25(2)31(21-49-22-32(43-47-49)37(53)54-6)41-36(52)26(3)50-20-29(42-48-50)17-12-18-39-23-38(4,5)24-40-34-30(27-15-11-16-27)19-33-44-45-35(51(33)46-34)28-13-9-8-10-14-28/h8-10,13-14,19-20,22,25-27,31,39H,7,11-12,15-18,21,23-24H2,1-6H3,(H,40,46)(H,41,52)/t25?,26-,31+/m0/s1. The minimum atomic E-state index is -0.555. The predicted molar refractivity (Wildman–Crippen MR) is 204 cm³/mol. The molecule has 0 bridgehead atoms. The minimum Gasteiger partial charge on any atom is -0.464 e. The van der Waals surface area contributed by atoms with E-state index in [4.69, 9.17) is 9.84 Å². The Balaban J connectivity index is 0.972. The maximum Gasteiger partial charge on any atom is 0.360 e. The number of hydrogen-bond acceptors (Lipinski definition) is 12. The molecule has 6 rings (SSSR count). The Labute approximate surface area is 315 Å². The summed E-state index contributed by atoms with van der Waals surface area (Å²) in [6.45, 7) is 13.2. The Morgan fingerprint density at radius 1 is 1.02 bits per heavy atom. The molecule has 16 nitrogen and oxygen atoms in total. The van der Waals surface area contributed by atoms with Gasteiger partial charge in [-0.2, -0.15) is 4.52 Å². The average Bonchev–Trinajstić information content (AvgIpc) is 3.92. The van der Waals surface area contributed by atoms with Crippen LogP contribution in [0.1, 0.15) is 100 Å². The first-order chi connectivity index (χ1) is 26.0. The maximum absolute atomic E-state index is 13.3. The van der Waals surface area contributed by atoms with E-state index in [0.29, 0.717) is 12.5 Å². The number of aryl methyl sites for hydroxylation is 1. The summed E-state index contributed by atoms with van der Waals surface area (Å²) in [6, 6.07) is 11.4. The van der Waals surface area contributed by atoms with E-state index in [1.54, 1.807) is 16.3 Å². The van der Waals surface area contributed by atoms with Crippen LogP contribution in [0.5, 0.6) is 0 Å². The average molecular weight is 740 g/mol. The molecule has 1 amide bonds. The monoisotopic (exact) mass is 739 g/mol. The number of nitrogens with zero attached hydrogens (tertiary/aromatic N) is 10. The van der Waals surface area contributed by atoms with Crippen molar-refractivity contribution in [3.63, 3.8) is 0 Å². The number of hydrogen-bond donors (Lipinski definition) is 3. The van der Waals surface area contributed by atoms with Crippen molar-refractivity contribution in [3.8, 4) is 11.4 Å². The van der Waals surface area contributed by atoms with Crippen LogP contribution in [-0.4, -0.2) is 94.5 Å². The van der Waals surface area contributed by atoms with Crippen LogP contribution in [0.3, 0.4) is 0 Å². The molecular weight excluding hydrogens is 687 g/mol. The number of benzene rings is 1. The van der Waals surface area contributed by atoms with Crippen molar-refractivity contribution in [2.45, 2.75) is 97.7 Å². The predicted octanol–water partition coefficient (Wildman–Crippen LogP) is 4.48. The number of carbonyl (C=O) groups is 2. The van der Waals surface area contributed by atoms with Crippen molar-refractivity contribution in [1.29, 1.82) is 0 Å². The third-order valence-corrected chi connectivity index (χ3v) is 10.4. The molecule has 1 aliphatic carbocycles. The summed E-state index contributed by atoms with van der Waals surface area (Å²) in [5.74, 6) is 1.57. The van der Waals surface area contributed by atoms with Crippen molar-refractivity contribution in [2.75, 3.05) is 32.1 Å². The smallest absolute Gasteiger partial charge is 0.360 e. The molecule has 0 radical (unpaired) electrons. The van der Waals surface area contributed by atoms with Gasteiger partial charge in [-0.25, -0.2) is 14.2 Å². The summed E-state index contributed by atoms with van der Waals surface area (Å²) in [6.07, 6.45) is 9.42. The van der Waals surface area contributed by atoms with E-state index in [1.807, 2.05) is 41.0 Å². The van der Waals surface area contributed by atoms with E-state index in [1.165, 1.54) is 38.1 Å². The number of anilines is 1. The van der Waals surface area contributed by atoms with Gasteiger partial charge >= 0.3 is 5.97 Å². The van der Waals surface area contributed by atoms with Crippen molar-refractivity contribution in [1.82, 2.24) is 60.4 Å². The zero-order chi connectivity index (χ0) is 38.2. The lowest BCUT2D eigenvalue weighted by atomic mass is 9.80. The summed E-state index contributed by atoms with van der Waals surface area (Å²) in [4.78, 5) is 25.1. The summed E-state index contributed by atoms with van der Waals surface area (Å²) < 4.78 is 9.74. The lowest BCUT2D eigenvalue weighted by molar-refractivity contribution is -0.125. The van der Waals surface area contributed by atoms with Crippen molar-refractivity contribution < 1.29 is 14.3 Å². The van der Waals surface area contributed by atoms with Gasteiger partial charge in [0.25, 0.3) is 0 Å². The number of nitrogens with one attached hydrogen (secondary N) is 3. The molecule has 16 heteroatoms. The summed E-state index contributed by atoms with van der Waals surface area (Å²) in [5, 5.41) is 40.9. The normalized spacial score (nSPS) is 15.1. The van der Waals surface area contributed by atoms with E-state index in [9.17, 15) is 9.59 Å². The largest absolute Gasteiger partial charge is 0.464 e. The van der Waals surface area contributed by atoms with Crippen LogP contribution in [-0.2, 0) is 22.5 Å². The van der Waals surface area contributed by atoms with Crippen molar-refractivity contribution in [2.24, 2.45) is 11.3 Å². The Morgan fingerprint density at radius 2 is 1.81 bits per heavy atom. The number of amides is 1. The van der Waals surface area contributed by atoms with Gasteiger partial charge in [-0.3, -0.25) is 4.79 Å². The second-order valence-electron chi connectivity index (χ2n) is 15.2. The SMILES string of the molecule is CCC(C)[C@@H](Cn1cc(C(=O)OC)nn1)NC(=O)[C@H](C)n1cc(CCCNCC(C)(C)CNc2nn3c(-c4ccccc4)nnc3cc2C2CCC2)nn1. The fourth-order valence-corrected chi connectivity index (χ4v) is 6.47. The van der Waals surface area contributed by atoms with Gasteiger partial charge < -0.3 is 20.7 Å². The lowest BCUT2D eigenvalue weighted by Crippen LogP contribution is -2.45. The van der Waals surface area contributed by atoms with Gasteiger partial charge in [-0.1, -0.05) is 81.3 Å². The molecule has 0 aliphatic heterocycles. The van der Waals surface area contributed by atoms with E-state index in [2.05, 4.69) is 80.5 Å². The van der Waals surface area contributed by atoms with Crippen LogP contribution in [0.4, 0.5) is 5.82 Å². The zero-order valence-corrected chi connectivity index (χ0v) is 32.2. The molecule has 3 N–H and O–H groups in total. The quantitative estimate of drug-likeness (QED) is 0.0799. The first-order valence-corrected chi connectivity index (χ1v) is 19.0. The van der Waals surface area contributed by atoms with Gasteiger partial charge in [-0.15, -0.1) is 25.5 Å². The molecular formula is C38H53N13O3. The Morgan fingerprint density at radius 3 is 2.54 bits per heavy atom. The van der Waals surface area contributed by atoms with Gasteiger partial charge in [0.05, 0.1) is 31.6 Å². The van der Waals surface area contributed by atoms with Crippen molar-refractivity contribution in [3.05, 3.63) is 65.7 Å². The van der Waals surface area contributed by atoms with Gasteiger partial charge in [0.1, 0.15) is 6.04 Å². The molecule has 288 valence electrons. The third-order valence-electron chi connectivity index (χ3n) is 10.4. The van der Waals surface area contributed by atoms with Gasteiger partial charge in [0.15, 0.2) is 23.0 Å². The molecule has 0 saturated heterocycles. The first-order valence-electron chi connectivity index (χ1n) is 19.0. The highest BCUT2D eigenvalue weighted by Gasteiger charge is 2.27. The minimum absolute atomic E-state index is 0.0421. The number of carbonyl (C=O) groups excluding carboxylic acids is 2. The van der Waals surface area contributed by atoms with Crippen LogP contribution in [0.15, 0.2) is 48.8 Å². The first kappa shape index (κ1) is 38.5. The van der Waals surface area contributed by atoms with Gasteiger partial charge in [0, 0.05) is 30.4 Å². The molecule has 54 heavy (non-hydrogen) atoms. The molecule has 1 fully saturated rings. The van der Waals surface area contributed by atoms with Crippen LogP contribution >= 0.6 is 0 Å². The van der Waals surface area contributed by atoms with Crippen LogP contribution in [0, 0.1) is 11.3 Å².